The molecule has 2 aromatic rings. The van der Waals surface area contributed by atoms with Gasteiger partial charge < -0.3 is 5.11 Å². The molecule has 0 bridgehead atoms. The Kier molecular flexibility index (Phi) is 6.71. The van der Waals surface area contributed by atoms with Crippen LogP contribution in [0.4, 0.5) is 11.4 Å². The fourth-order valence-electron chi connectivity index (χ4n) is 2.62. The van der Waals surface area contributed by atoms with Gasteiger partial charge in [-0.05, 0) is 25.1 Å². The highest BCUT2D eigenvalue weighted by atomic mass is 32.2. The molecule has 10 heteroatoms. The number of para-hydroxylation sites is 1. The summed E-state index contributed by atoms with van der Waals surface area (Å²) in [5, 5.41) is 25.2. The van der Waals surface area contributed by atoms with Crippen LogP contribution in [0.15, 0.2) is 52.5 Å². The summed E-state index contributed by atoms with van der Waals surface area (Å²) in [6.45, 7) is 5.46. The number of phenols is 1. The largest absolute Gasteiger partial charge is 0.507 e. The predicted molar refractivity (Wildman–Crippen MR) is 107 cm³/mol. The smallest absolute Gasteiger partial charge is 0.270 e. The zero-order valence-corrected chi connectivity index (χ0v) is 16.6. The summed E-state index contributed by atoms with van der Waals surface area (Å²) in [5.74, 6) is 0.0326. The summed E-state index contributed by atoms with van der Waals surface area (Å²) < 4.78 is 27.1. The number of phenolic OH excluding ortho intramolecular Hbond substituents is 1. The van der Waals surface area contributed by atoms with E-state index < -0.39 is 14.9 Å². The minimum absolute atomic E-state index is 0.0326. The quantitative estimate of drug-likeness (QED) is 0.394. The van der Waals surface area contributed by atoms with Crippen LogP contribution in [0.1, 0.15) is 26.3 Å². The van der Waals surface area contributed by atoms with E-state index in [-0.39, 0.29) is 35.1 Å². The number of rotatable bonds is 8. The molecule has 0 unspecified atom stereocenters. The van der Waals surface area contributed by atoms with Gasteiger partial charge in [0.25, 0.3) is 5.69 Å². The minimum Gasteiger partial charge on any atom is -0.507 e. The first-order valence-corrected chi connectivity index (χ1v) is 10.0. The van der Waals surface area contributed by atoms with Gasteiger partial charge in [-0.15, -0.1) is 0 Å². The highest BCUT2D eigenvalue weighted by Gasteiger charge is 2.27. The van der Waals surface area contributed by atoms with E-state index in [1.165, 1.54) is 22.5 Å². The number of benzene rings is 2. The van der Waals surface area contributed by atoms with Crippen molar-refractivity contribution >= 4 is 27.1 Å². The topological polar surface area (TPSA) is 125 Å². The van der Waals surface area contributed by atoms with Crippen molar-refractivity contribution in [3.63, 3.8) is 0 Å². The molecule has 2 rings (SSSR count). The average Bonchev–Trinajstić information content (AvgIpc) is 2.67. The van der Waals surface area contributed by atoms with E-state index in [0.717, 1.165) is 6.07 Å². The molecule has 2 aromatic carbocycles. The van der Waals surface area contributed by atoms with Crippen LogP contribution < -0.4 is 5.43 Å². The van der Waals surface area contributed by atoms with Crippen LogP contribution in [0.5, 0.6) is 5.75 Å². The molecule has 0 atom stereocenters. The summed E-state index contributed by atoms with van der Waals surface area (Å²) in [6, 6.07) is 10.1. The lowest BCUT2D eigenvalue weighted by atomic mass is 10.1. The van der Waals surface area contributed by atoms with E-state index in [2.05, 4.69) is 10.5 Å². The molecule has 0 fully saturated rings. The number of sulfonamides is 1. The number of nitrogens with one attached hydrogen (secondary N) is 1. The Labute approximate surface area is 163 Å². The van der Waals surface area contributed by atoms with Gasteiger partial charge in [0, 0.05) is 30.8 Å². The van der Waals surface area contributed by atoms with Gasteiger partial charge in [-0.3, -0.25) is 15.5 Å². The van der Waals surface area contributed by atoms with Gasteiger partial charge in [0.05, 0.1) is 16.3 Å². The molecular weight excluding hydrogens is 384 g/mol. The molecule has 28 heavy (non-hydrogen) atoms. The Bertz CT molecular complexity index is 1000. The number of nitro benzene ring substituents is 1. The van der Waals surface area contributed by atoms with Crippen LogP contribution >= 0.6 is 0 Å². The van der Waals surface area contributed by atoms with Gasteiger partial charge in [0.2, 0.25) is 10.0 Å². The zero-order chi connectivity index (χ0) is 20.9. The highest BCUT2D eigenvalue weighted by Crippen LogP contribution is 2.29. The molecule has 0 spiro atoms. The van der Waals surface area contributed by atoms with Gasteiger partial charge in [-0.2, -0.15) is 9.41 Å². The van der Waals surface area contributed by atoms with E-state index in [9.17, 15) is 23.6 Å². The number of nitro groups is 1. The van der Waals surface area contributed by atoms with Gasteiger partial charge >= 0.3 is 0 Å². The van der Waals surface area contributed by atoms with E-state index >= 15 is 0 Å². The van der Waals surface area contributed by atoms with Crippen molar-refractivity contribution in [3.8, 4) is 5.75 Å². The SMILES string of the molecule is CCN(CC)S(=O)(=O)c1cc([N+](=O)[O-])ccc1N/N=C(/C)c1ccccc1O. The fourth-order valence-corrected chi connectivity index (χ4v) is 4.24. The maximum atomic E-state index is 12.9. The lowest BCUT2D eigenvalue weighted by Crippen LogP contribution is -2.31. The minimum atomic E-state index is -3.96. The van der Waals surface area contributed by atoms with E-state index in [0.29, 0.717) is 11.3 Å². The molecule has 0 radical (unpaired) electrons. The molecule has 0 amide bonds. The second-order valence-electron chi connectivity index (χ2n) is 5.85. The van der Waals surface area contributed by atoms with Crippen molar-refractivity contribution in [2.45, 2.75) is 25.7 Å². The van der Waals surface area contributed by atoms with Crippen molar-refractivity contribution in [1.82, 2.24) is 4.31 Å². The second kappa shape index (κ2) is 8.81. The zero-order valence-electron chi connectivity index (χ0n) is 15.8. The lowest BCUT2D eigenvalue weighted by molar-refractivity contribution is -0.385. The van der Waals surface area contributed by atoms with Crippen LogP contribution in [0.2, 0.25) is 0 Å². The highest BCUT2D eigenvalue weighted by molar-refractivity contribution is 7.89. The Hall–Kier alpha value is -2.98. The number of hydrogen-bond acceptors (Lipinski definition) is 7. The molecule has 0 saturated carbocycles. The second-order valence-corrected chi connectivity index (χ2v) is 7.76. The van der Waals surface area contributed by atoms with Crippen LogP contribution in [0.25, 0.3) is 0 Å². The molecule has 2 N–H and O–H groups in total. The standard InChI is InChI=1S/C18H22N4O5S/c1-4-21(5-2)28(26,27)18-12-14(22(24)25)10-11-16(18)20-19-13(3)15-8-6-7-9-17(15)23/h6-12,20,23H,4-5H2,1-3H3/b19-13-. The number of hydrogen-bond donors (Lipinski definition) is 2. The normalized spacial score (nSPS) is 12.2. The number of anilines is 1. The maximum Gasteiger partial charge on any atom is 0.270 e. The molecule has 0 aliphatic rings. The Balaban J connectivity index is 2.51. The van der Waals surface area contributed by atoms with Crippen LogP contribution in [0.3, 0.4) is 0 Å². The Morgan fingerprint density at radius 3 is 2.43 bits per heavy atom. The van der Waals surface area contributed by atoms with Crippen molar-refractivity contribution in [2.75, 3.05) is 18.5 Å². The number of aromatic hydroxyl groups is 1. The van der Waals surface area contributed by atoms with Gasteiger partial charge in [-0.25, -0.2) is 8.42 Å². The first-order valence-electron chi connectivity index (χ1n) is 8.59. The molecule has 0 heterocycles. The summed E-state index contributed by atoms with van der Waals surface area (Å²) in [7, 11) is -3.96. The first kappa shape index (κ1) is 21.3. The van der Waals surface area contributed by atoms with Gasteiger partial charge in [0.1, 0.15) is 10.6 Å². The maximum absolute atomic E-state index is 12.9. The molecule has 9 nitrogen and oxygen atoms in total. The van der Waals surface area contributed by atoms with E-state index in [1.807, 2.05) is 0 Å². The average molecular weight is 406 g/mol. The van der Waals surface area contributed by atoms with Crippen LogP contribution in [0, 0.1) is 10.1 Å². The van der Waals surface area contributed by atoms with E-state index in [4.69, 9.17) is 0 Å². The Morgan fingerprint density at radius 2 is 1.86 bits per heavy atom. The van der Waals surface area contributed by atoms with Crippen molar-refractivity contribution in [3.05, 3.63) is 58.1 Å². The lowest BCUT2D eigenvalue weighted by Gasteiger charge is -2.20. The van der Waals surface area contributed by atoms with Crippen LogP contribution in [-0.2, 0) is 10.0 Å². The monoisotopic (exact) mass is 406 g/mol. The first-order chi connectivity index (χ1) is 13.2. The number of hydrazone groups is 1. The Morgan fingerprint density at radius 1 is 1.21 bits per heavy atom. The van der Waals surface area contributed by atoms with Crippen molar-refractivity contribution in [2.24, 2.45) is 5.10 Å². The summed E-state index contributed by atoms with van der Waals surface area (Å²) in [6.07, 6.45) is 0. The third-order valence-corrected chi connectivity index (χ3v) is 6.23. The fraction of sp³-hybridized carbons (Fsp3) is 0.278. The van der Waals surface area contributed by atoms with Crippen molar-refractivity contribution < 1.29 is 18.4 Å². The molecule has 150 valence electrons. The van der Waals surface area contributed by atoms with Gasteiger partial charge in [0.15, 0.2) is 0 Å². The molecule has 0 aliphatic heterocycles. The van der Waals surface area contributed by atoms with E-state index in [1.54, 1.807) is 39.0 Å². The third-order valence-electron chi connectivity index (χ3n) is 4.14. The number of nitrogens with zero attached hydrogens (tertiary/aromatic N) is 3. The summed E-state index contributed by atoms with van der Waals surface area (Å²) in [5.41, 5.74) is 3.33. The number of non-ortho nitro benzene ring substituents is 1. The molecule has 0 aliphatic carbocycles. The molecular formula is C18H22N4O5S. The summed E-state index contributed by atoms with van der Waals surface area (Å²) >= 11 is 0. The molecule has 0 saturated heterocycles. The predicted octanol–water partition coefficient (Wildman–Crippen LogP) is 3.17. The molecule has 0 aromatic heterocycles. The van der Waals surface area contributed by atoms with Gasteiger partial charge in [-0.1, -0.05) is 26.0 Å². The van der Waals surface area contributed by atoms with Crippen LogP contribution in [-0.4, -0.2) is 41.6 Å². The summed E-state index contributed by atoms with van der Waals surface area (Å²) in [4.78, 5) is 10.2. The van der Waals surface area contributed by atoms with Crippen molar-refractivity contribution in [1.29, 1.82) is 0 Å². The third kappa shape index (κ3) is 4.46.